The van der Waals surface area contributed by atoms with Crippen molar-refractivity contribution in [2.24, 2.45) is 4.99 Å². The van der Waals surface area contributed by atoms with Gasteiger partial charge in [0.2, 0.25) is 5.91 Å². The largest absolute Gasteiger partial charge is 0.368 e. The third kappa shape index (κ3) is 5.18. The number of piperidine rings is 1. The number of rotatable bonds is 4. The van der Waals surface area contributed by atoms with Crippen molar-refractivity contribution in [3.63, 3.8) is 0 Å². The molecule has 3 heterocycles. The molecule has 8 heteroatoms. The molecular formula is C23H33N5O3. The highest BCUT2D eigenvalue weighted by molar-refractivity contribution is 5.94. The third-order valence-corrected chi connectivity index (χ3v) is 6.33. The zero-order valence-electron chi connectivity index (χ0n) is 18.4. The lowest BCUT2D eigenvalue weighted by molar-refractivity contribution is -0.142. The minimum Gasteiger partial charge on any atom is -0.368 e. The Morgan fingerprint density at radius 3 is 2.45 bits per heavy atom. The second-order valence-electron chi connectivity index (χ2n) is 8.38. The monoisotopic (exact) mass is 427 g/mol. The maximum atomic E-state index is 12.5. The molecule has 1 N–H and O–H groups in total. The van der Waals surface area contributed by atoms with Crippen LogP contribution in [0.1, 0.15) is 37.7 Å². The van der Waals surface area contributed by atoms with Crippen LogP contribution in [-0.4, -0.2) is 80.1 Å². The molecule has 3 saturated heterocycles. The summed E-state index contributed by atoms with van der Waals surface area (Å²) >= 11 is 0. The number of guanidine groups is 1. The van der Waals surface area contributed by atoms with E-state index in [9.17, 15) is 9.59 Å². The van der Waals surface area contributed by atoms with Gasteiger partial charge in [-0.1, -0.05) is 12.1 Å². The Balaban J connectivity index is 1.26. The smallest absolute Gasteiger partial charge is 0.251 e. The number of piperazine rings is 1. The number of amides is 2. The minimum atomic E-state index is -0.243. The first-order chi connectivity index (χ1) is 15.2. The highest BCUT2D eigenvalue weighted by atomic mass is 16.5. The van der Waals surface area contributed by atoms with Crippen LogP contribution >= 0.6 is 0 Å². The first-order valence-corrected chi connectivity index (χ1v) is 11.4. The molecule has 4 rings (SSSR count). The molecule has 0 aliphatic carbocycles. The van der Waals surface area contributed by atoms with Crippen molar-refractivity contribution in [3.05, 3.63) is 29.8 Å². The van der Waals surface area contributed by atoms with E-state index in [1.165, 1.54) is 0 Å². The van der Waals surface area contributed by atoms with E-state index in [4.69, 9.17) is 4.74 Å². The van der Waals surface area contributed by atoms with Crippen LogP contribution in [0.5, 0.6) is 0 Å². The van der Waals surface area contributed by atoms with Crippen molar-refractivity contribution in [3.8, 4) is 0 Å². The number of benzene rings is 1. The molecule has 8 nitrogen and oxygen atoms in total. The Hall–Kier alpha value is -2.61. The van der Waals surface area contributed by atoms with Crippen molar-refractivity contribution >= 4 is 23.5 Å². The Bertz CT molecular complexity index is 796. The first kappa shape index (κ1) is 21.6. The number of hydrogen-bond donors (Lipinski definition) is 1. The van der Waals surface area contributed by atoms with Gasteiger partial charge in [-0.2, -0.15) is 0 Å². The fraction of sp³-hybridized carbons (Fsp3) is 0.609. The van der Waals surface area contributed by atoms with Gasteiger partial charge in [-0.3, -0.25) is 14.6 Å². The molecule has 0 aromatic heterocycles. The molecule has 168 valence electrons. The second kappa shape index (κ2) is 10.1. The van der Waals surface area contributed by atoms with Gasteiger partial charge < -0.3 is 24.8 Å². The van der Waals surface area contributed by atoms with Crippen LogP contribution in [0, 0.1) is 0 Å². The Kier molecular flexibility index (Phi) is 7.06. The number of ether oxygens (including phenoxy) is 1. The van der Waals surface area contributed by atoms with Gasteiger partial charge in [0.15, 0.2) is 5.96 Å². The summed E-state index contributed by atoms with van der Waals surface area (Å²) in [6.07, 6.45) is 4.28. The molecule has 0 radical (unpaired) electrons. The predicted octanol–water partition coefficient (Wildman–Crippen LogP) is 1.60. The maximum absolute atomic E-state index is 12.5. The molecule has 3 fully saturated rings. The highest BCUT2D eigenvalue weighted by Gasteiger charge is 2.30. The normalized spacial score (nSPS) is 22.7. The number of nitrogens with zero attached hydrogens (tertiary/aromatic N) is 4. The van der Waals surface area contributed by atoms with Crippen LogP contribution in [0.15, 0.2) is 29.3 Å². The van der Waals surface area contributed by atoms with Crippen LogP contribution in [0.3, 0.4) is 0 Å². The number of carbonyl (C=O) groups is 2. The van der Waals surface area contributed by atoms with E-state index >= 15 is 0 Å². The fourth-order valence-electron chi connectivity index (χ4n) is 4.50. The minimum absolute atomic E-state index is 0.132. The molecule has 1 atom stereocenters. The van der Waals surface area contributed by atoms with E-state index in [1.807, 2.05) is 21.9 Å². The van der Waals surface area contributed by atoms with E-state index < -0.39 is 0 Å². The fourth-order valence-corrected chi connectivity index (χ4v) is 4.50. The summed E-state index contributed by atoms with van der Waals surface area (Å²) in [5, 5.41) is 3.43. The molecule has 3 aliphatic heterocycles. The lowest BCUT2D eigenvalue weighted by atomic mass is 10.1. The van der Waals surface area contributed by atoms with E-state index in [1.54, 1.807) is 7.05 Å². The van der Waals surface area contributed by atoms with Gasteiger partial charge in [0.25, 0.3) is 5.91 Å². The molecule has 3 aliphatic rings. The van der Waals surface area contributed by atoms with Gasteiger partial charge in [0.1, 0.15) is 6.10 Å². The molecule has 31 heavy (non-hydrogen) atoms. The average molecular weight is 428 g/mol. The van der Waals surface area contributed by atoms with Crippen LogP contribution < -0.4 is 10.2 Å². The first-order valence-electron chi connectivity index (χ1n) is 11.4. The van der Waals surface area contributed by atoms with Crippen LogP contribution in [-0.2, 0) is 20.9 Å². The van der Waals surface area contributed by atoms with Gasteiger partial charge in [-0.15, -0.1) is 0 Å². The predicted molar refractivity (Wildman–Crippen MR) is 120 cm³/mol. The zero-order valence-corrected chi connectivity index (χ0v) is 18.4. The summed E-state index contributed by atoms with van der Waals surface area (Å²) in [6, 6.07) is 8.18. The van der Waals surface area contributed by atoms with Crippen LogP contribution in [0.4, 0.5) is 5.69 Å². The van der Waals surface area contributed by atoms with E-state index in [0.717, 1.165) is 62.5 Å². The molecular weight excluding hydrogens is 394 g/mol. The quantitative estimate of drug-likeness (QED) is 0.584. The van der Waals surface area contributed by atoms with E-state index in [-0.39, 0.29) is 17.9 Å². The van der Waals surface area contributed by atoms with Crippen molar-refractivity contribution in [1.82, 2.24) is 15.1 Å². The van der Waals surface area contributed by atoms with Crippen molar-refractivity contribution in [2.45, 2.75) is 44.8 Å². The van der Waals surface area contributed by atoms with E-state index in [0.29, 0.717) is 32.7 Å². The standard InChI is InChI=1S/C23H33N5O3/c1-24-23(27-14-12-26(13-15-27)22(30)20-5-4-16-31-20)25-17-18-7-9-19(10-8-18)28-11-3-2-6-21(28)29/h7-10,20H,2-6,11-17H2,1H3,(H,24,25). The van der Waals surface area contributed by atoms with Crippen molar-refractivity contribution in [1.29, 1.82) is 0 Å². The van der Waals surface area contributed by atoms with Crippen LogP contribution in [0.2, 0.25) is 0 Å². The number of nitrogens with one attached hydrogen (secondary N) is 1. The summed E-state index contributed by atoms with van der Waals surface area (Å²) in [6.45, 7) is 5.07. The van der Waals surface area contributed by atoms with Gasteiger partial charge in [0, 0.05) is 65.0 Å². The maximum Gasteiger partial charge on any atom is 0.251 e. The van der Waals surface area contributed by atoms with Crippen LogP contribution in [0.25, 0.3) is 0 Å². The number of hydrogen-bond acceptors (Lipinski definition) is 4. The molecule has 1 aromatic carbocycles. The van der Waals surface area contributed by atoms with Gasteiger partial charge >= 0.3 is 0 Å². The molecule has 0 bridgehead atoms. The van der Waals surface area contributed by atoms with E-state index in [2.05, 4.69) is 27.3 Å². The van der Waals surface area contributed by atoms with Gasteiger partial charge in [-0.05, 0) is 43.4 Å². The summed E-state index contributed by atoms with van der Waals surface area (Å²) in [7, 11) is 1.79. The second-order valence-corrected chi connectivity index (χ2v) is 8.38. The average Bonchev–Trinajstić information content (AvgIpc) is 3.35. The molecule has 1 aromatic rings. The summed E-state index contributed by atoms with van der Waals surface area (Å²) in [4.78, 5) is 35.1. The summed E-state index contributed by atoms with van der Waals surface area (Å²) < 4.78 is 5.54. The Morgan fingerprint density at radius 1 is 1.06 bits per heavy atom. The lowest BCUT2D eigenvalue weighted by Gasteiger charge is -2.37. The van der Waals surface area contributed by atoms with Crippen molar-refractivity contribution < 1.29 is 14.3 Å². The van der Waals surface area contributed by atoms with Crippen molar-refractivity contribution in [2.75, 3.05) is 51.3 Å². The highest BCUT2D eigenvalue weighted by Crippen LogP contribution is 2.21. The number of anilines is 1. The third-order valence-electron chi connectivity index (χ3n) is 6.33. The molecule has 1 unspecified atom stereocenters. The van der Waals surface area contributed by atoms with Gasteiger partial charge in [0.05, 0.1) is 0 Å². The van der Waals surface area contributed by atoms with Gasteiger partial charge in [-0.25, -0.2) is 0 Å². The summed E-state index contributed by atoms with van der Waals surface area (Å²) in [5.41, 5.74) is 2.12. The lowest BCUT2D eigenvalue weighted by Crippen LogP contribution is -2.55. The zero-order chi connectivity index (χ0) is 21.6. The summed E-state index contributed by atoms with van der Waals surface area (Å²) in [5.74, 6) is 1.20. The number of carbonyl (C=O) groups excluding carboxylic acids is 2. The Labute approximate surface area is 184 Å². The molecule has 0 saturated carbocycles. The topological polar surface area (TPSA) is 77.5 Å². The molecule has 0 spiro atoms. The number of aliphatic imine (C=N–C) groups is 1. The SMILES string of the molecule is CN=C(NCc1ccc(N2CCCCC2=O)cc1)N1CCN(C(=O)C2CCCO2)CC1. The Morgan fingerprint density at radius 2 is 1.81 bits per heavy atom. The molecule has 2 amide bonds.